The summed E-state index contributed by atoms with van der Waals surface area (Å²) in [4.78, 5) is 0. The Bertz CT molecular complexity index is 708. The number of nitrogens with one attached hydrogen (secondary N) is 2. The Morgan fingerprint density at radius 1 is 1.09 bits per heavy atom. The molecule has 0 unspecified atom stereocenters. The summed E-state index contributed by atoms with van der Waals surface area (Å²) in [6.07, 6.45) is 0. The molecule has 5 heteroatoms. The first-order valence-corrected chi connectivity index (χ1v) is 8.22. The zero-order valence-electron chi connectivity index (χ0n) is 13.4. The molecule has 2 rings (SSSR count). The Morgan fingerprint density at radius 3 is 2.35 bits per heavy atom. The number of benzene rings is 2. The first kappa shape index (κ1) is 17.4. The first-order chi connectivity index (χ1) is 11.0. The van der Waals surface area contributed by atoms with Crippen molar-refractivity contribution < 1.29 is 0 Å². The predicted octanol–water partition coefficient (Wildman–Crippen LogP) is 5.17. The molecule has 0 aliphatic heterocycles. The summed E-state index contributed by atoms with van der Waals surface area (Å²) in [6.45, 7) is 6.22. The molecule has 23 heavy (non-hydrogen) atoms. The van der Waals surface area contributed by atoms with Gasteiger partial charge in [-0.25, -0.2) is 0 Å². The lowest BCUT2D eigenvalue weighted by molar-refractivity contribution is 0.867. The normalized spacial score (nSPS) is 11.4. The fourth-order valence-electron chi connectivity index (χ4n) is 2.06. The molecule has 0 saturated carbocycles. The number of hydrogen-bond acceptors (Lipinski definition) is 2. The van der Waals surface area contributed by atoms with E-state index in [-0.39, 0.29) is 0 Å². The van der Waals surface area contributed by atoms with Crippen LogP contribution in [0.3, 0.4) is 0 Å². The molecule has 0 atom stereocenters. The molecule has 0 saturated heterocycles. The van der Waals surface area contributed by atoms with Gasteiger partial charge in [-0.05, 0) is 48.8 Å². The van der Waals surface area contributed by atoms with E-state index in [0.717, 1.165) is 17.0 Å². The molecule has 2 aromatic rings. The maximum absolute atomic E-state index is 6.15. The molecule has 2 aromatic carbocycles. The third-order valence-corrected chi connectivity index (χ3v) is 3.95. The van der Waals surface area contributed by atoms with Gasteiger partial charge in [-0.3, -0.25) is 5.43 Å². The number of thiocarbonyl (C=S) groups is 1. The van der Waals surface area contributed by atoms with Crippen LogP contribution in [-0.4, -0.2) is 10.8 Å². The zero-order chi connectivity index (χ0) is 16.8. The standard InChI is InChI=1S/C18H20ClN3S/c1-12(2)14-8-10-15(11-9-14)20-18(23)22-21-13(3)16-6-4-5-7-17(16)19/h4-12H,1-3H3,(H2,20,22,23)/b21-13-. The van der Waals surface area contributed by atoms with E-state index in [1.807, 2.05) is 43.3 Å². The highest BCUT2D eigenvalue weighted by Crippen LogP contribution is 2.17. The van der Waals surface area contributed by atoms with E-state index in [2.05, 4.69) is 41.8 Å². The first-order valence-electron chi connectivity index (χ1n) is 7.43. The highest BCUT2D eigenvalue weighted by atomic mass is 35.5. The average molecular weight is 346 g/mol. The van der Waals surface area contributed by atoms with E-state index in [0.29, 0.717) is 16.1 Å². The minimum atomic E-state index is 0.439. The topological polar surface area (TPSA) is 36.4 Å². The molecule has 2 N–H and O–H groups in total. The maximum Gasteiger partial charge on any atom is 0.191 e. The third kappa shape index (κ3) is 5.05. The fourth-order valence-corrected chi connectivity index (χ4v) is 2.50. The second kappa shape index (κ2) is 8.09. The Morgan fingerprint density at radius 2 is 1.74 bits per heavy atom. The summed E-state index contributed by atoms with van der Waals surface area (Å²) in [6, 6.07) is 15.8. The second-order valence-corrected chi connectivity index (χ2v) is 6.34. The van der Waals surface area contributed by atoms with Crippen molar-refractivity contribution in [3.8, 4) is 0 Å². The third-order valence-electron chi connectivity index (χ3n) is 3.42. The molecule has 0 amide bonds. The predicted molar refractivity (Wildman–Crippen MR) is 104 cm³/mol. The summed E-state index contributed by atoms with van der Waals surface area (Å²) in [7, 11) is 0. The minimum Gasteiger partial charge on any atom is -0.331 e. The van der Waals surface area contributed by atoms with Gasteiger partial charge in [0.1, 0.15) is 0 Å². The molecule has 0 aliphatic carbocycles. The summed E-state index contributed by atoms with van der Waals surface area (Å²) >= 11 is 11.4. The van der Waals surface area contributed by atoms with Crippen molar-refractivity contribution in [2.24, 2.45) is 5.10 Å². The summed E-state index contributed by atoms with van der Waals surface area (Å²) < 4.78 is 0. The van der Waals surface area contributed by atoms with Crippen LogP contribution in [0.25, 0.3) is 0 Å². The lowest BCUT2D eigenvalue weighted by Gasteiger charge is -2.10. The maximum atomic E-state index is 6.15. The van der Waals surface area contributed by atoms with Gasteiger partial charge >= 0.3 is 0 Å². The molecule has 0 fully saturated rings. The van der Waals surface area contributed by atoms with E-state index in [1.165, 1.54) is 5.56 Å². The van der Waals surface area contributed by atoms with Gasteiger partial charge in [-0.1, -0.05) is 55.8 Å². The zero-order valence-corrected chi connectivity index (χ0v) is 15.0. The van der Waals surface area contributed by atoms with Gasteiger partial charge in [-0.15, -0.1) is 0 Å². The van der Waals surface area contributed by atoms with Crippen LogP contribution >= 0.6 is 23.8 Å². The van der Waals surface area contributed by atoms with Crippen LogP contribution in [0.2, 0.25) is 5.02 Å². The minimum absolute atomic E-state index is 0.439. The van der Waals surface area contributed by atoms with Crippen LogP contribution in [-0.2, 0) is 0 Å². The molecule has 0 aliphatic rings. The molecular formula is C18H20ClN3S. The van der Waals surface area contributed by atoms with Crippen molar-refractivity contribution in [3.63, 3.8) is 0 Å². The summed E-state index contributed by atoms with van der Waals surface area (Å²) in [5.74, 6) is 0.511. The van der Waals surface area contributed by atoms with Crippen LogP contribution in [0.1, 0.15) is 37.8 Å². The van der Waals surface area contributed by atoms with Gasteiger partial charge in [0.15, 0.2) is 5.11 Å². The quantitative estimate of drug-likeness (QED) is 0.455. The monoisotopic (exact) mass is 345 g/mol. The Kier molecular flexibility index (Phi) is 6.13. The van der Waals surface area contributed by atoms with Crippen LogP contribution in [0.5, 0.6) is 0 Å². The van der Waals surface area contributed by atoms with Crippen molar-refractivity contribution in [1.82, 2.24) is 5.43 Å². The molecule has 0 radical (unpaired) electrons. The summed E-state index contributed by atoms with van der Waals surface area (Å²) in [5.41, 5.74) is 6.72. The van der Waals surface area contributed by atoms with E-state index in [9.17, 15) is 0 Å². The van der Waals surface area contributed by atoms with Crippen LogP contribution < -0.4 is 10.7 Å². The molecule has 120 valence electrons. The van der Waals surface area contributed by atoms with Crippen molar-refractivity contribution in [3.05, 3.63) is 64.7 Å². The smallest absolute Gasteiger partial charge is 0.191 e. The lowest BCUT2D eigenvalue weighted by atomic mass is 10.0. The molecule has 0 heterocycles. The Labute approximate surface area is 147 Å². The van der Waals surface area contributed by atoms with Gasteiger partial charge < -0.3 is 5.32 Å². The van der Waals surface area contributed by atoms with E-state index in [4.69, 9.17) is 23.8 Å². The van der Waals surface area contributed by atoms with E-state index in [1.54, 1.807) is 0 Å². The van der Waals surface area contributed by atoms with E-state index >= 15 is 0 Å². The van der Waals surface area contributed by atoms with Gasteiger partial charge in [0.05, 0.1) is 5.71 Å². The van der Waals surface area contributed by atoms with Crippen molar-refractivity contribution in [2.45, 2.75) is 26.7 Å². The van der Waals surface area contributed by atoms with Gasteiger partial charge in [0, 0.05) is 16.3 Å². The molecular weight excluding hydrogens is 326 g/mol. The fraction of sp³-hybridized carbons (Fsp3) is 0.222. The molecule has 0 bridgehead atoms. The van der Waals surface area contributed by atoms with Crippen molar-refractivity contribution >= 4 is 40.3 Å². The lowest BCUT2D eigenvalue weighted by Crippen LogP contribution is -2.25. The van der Waals surface area contributed by atoms with Crippen molar-refractivity contribution in [1.29, 1.82) is 0 Å². The number of hydrogen-bond donors (Lipinski definition) is 2. The van der Waals surface area contributed by atoms with Gasteiger partial charge in [0.2, 0.25) is 0 Å². The number of rotatable bonds is 4. The highest BCUT2D eigenvalue weighted by Gasteiger charge is 2.03. The second-order valence-electron chi connectivity index (χ2n) is 5.52. The number of nitrogens with zero attached hydrogens (tertiary/aromatic N) is 1. The largest absolute Gasteiger partial charge is 0.331 e. The Hall–Kier alpha value is -1.91. The Balaban J connectivity index is 1.97. The summed E-state index contributed by atoms with van der Waals surface area (Å²) in [5, 5.41) is 8.49. The molecule has 3 nitrogen and oxygen atoms in total. The van der Waals surface area contributed by atoms with Gasteiger partial charge in [-0.2, -0.15) is 5.10 Å². The number of anilines is 1. The molecule has 0 spiro atoms. The van der Waals surface area contributed by atoms with Crippen LogP contribution in [0, 0.1) is 0 Å². The number of hydrazone groups is 1. The average Bonchev–Trinajstić information content (AvgIpc) is 2.53. The van der Waals surface area contributed by atoms with Crippen molar-refractivity contribution in [2.75, 3.05) is 5.32 Å². The van der Waals surface area contributed by atoms with Gasteiger partial charge in [0.25, 0.3) is 0 Å². The highest BCUT2D eigenvalue weighted by molar-refractivity contribution is 7.80. The number of halogens is 1. The SMILES string of the molecule is C/C(=N/NC(=S)Nc1ccc(C(C)C)cc1)c1ccccc1Cl. The van der Waals surface area contributed by atoms with E-state index < -0.39 is 0 Å². The van der Waals surface area contributed by atoms with Crippen LogP contribution in [0.4, 0.5) is 5.69 Å². The molecule has 0 aromatic heterocycles. The van der Waals surface area contributed by atoms with Crippen LogP contribution in [0.15, 0.2) is 53.6 Å².